The molecule has 0 fully saturated rings. The number of thioether (sulfide) groups is 1. The number of unbranched alkanes of at least 4 members (excludes halogenated alkanes) is 1. The average Bonchev–Trinajstić information content (AvgIpc) is 2.22. The third-order valence-electron chi connectivity index (χ3n) is 2.12. The summed E-state index contributed by atoms with van der Waals surface area (Å²) in [6.45, 7) is 2.18. The summed E-state index contributed by atoms with van der Waals surface area (Å²) in [7, 11) is 3.41. The van der Waals surface area contributed by atoms with Crippen molar-refractivity contribution in [2.24, 2.45) is 0 Å². The van der Waals surface area contributed by atoms with Gasteiger partial charge >= 0.3 is 5.97 Å². The Labute approximate surface area is 91.0 Å². The normalized spacial score (nSPS) is 12.5. The Morgan fingerprint density at radius 3 is 2.79 bits per heavy atom. The van der Waals surface area contributed by atoms with Crippen molar-refractivity contribution in [3.05, 3.63) is 0 Å². The minimum atomic E-state index is -0.126. The molecule has 0 aliphatic rings. The Morgan fingerprint density at radius 1 is 1.50 bits per heavy atom. The second-order valence-corrected chi connectivity index (χ2v) is 4.42. The van der Waals surface area contributed by atoms with E-state index in [9.17, 15) is 4.79 Å². The van der Waals surface area contributed by atoms with Crippen LogP contribution in [-0.2, 0) is 9.53 Å². The number of nitrogens with one attached hydrogen (secondary N) is 1. The summed E-state index contributed by atoms with van der Waals surface area (Å²) in [6, 6.07) is 0.598. The minimum absolute atomic E-state index is 0.126. The van der Waals surface area contributed by atoms with Gasteiger partial charge in [-0.05, 0) is 32.6 Å². The van der Waals surface area contributed by atoms with Gasteiger partial charge in [-0.3, -0.25) is 4.79 Å². The van der Waals surface area contributed by atoms with Crippen molar-refractivity contribution >= 4 is 17.7 Å². The van der Waals surface area contributed by atoms with Gasteiger partial charge in [0.25, 0.3) is 0 Å². The van der Waals surface area contributed by atoms with Crippen LogP contribution >= 0.6 is 11.8 Å². The molecule has 0 saturated heterocycles. The van der Waals surface area contributed by atoms with Crippen LogP contribution in [0, 0.1) is 0 Å². The molecule has 0 aliphatic carbocycles. The van der Waals surface area contributed by atoms with Crippen molar-refractivity contribution in [2.45, 2.75) is 32.2 Å². The van der Waals surface area contributed by atoms with Gasteiger partial charge in [0.1, 0.15) is 0 Å². The number of carbonyl (C=O) groups is 1. The van der Waals surface area contributed by atoms with Gasteiger partial charge in [-0.2, -0.15) is 11.8 Å². The van der Waals surface area contributed by atoms with E-state index in [0.29, 0.717) is 11.8 Å². The molecule has 84 valence electrons. The SMILES string of the molecule is CNC(C)CCCCSCC(=O)OC. The van der Waals surface area contributed by atoms with E-state index < -0.39 is 0 Å². The topological polar surface area (TPSA) is 38.3 Å². The lowest BCUT2D eigenvalue weighted by molar-refractivity contribution is -0.137. The fraction of sp³-hybridized carbons (Fsp3) is 0.900. The zero-order chi connectivity index (χ0) is 10.8. The molecule has 0 amide bonds. The smallest absolute Gasteiger partial charge is 0.315 e. The van der Waals surface area contributed by atoms with E-state index >= 15 is 0 Å². The number of ether oxygens (including phenoxy) is 1. The van der Waals surface area contributed by atoms with Gasteiger partial charge in [-0.25, -0.2) is 0 Å². The van der Waals surface area contributed by atoms with Crippen molar-refractivity contribution < 1.29 is 9.53 Å². The van der Waals surface area contributed by atoms with Crippen LogP contribution in [0.5, 0.6) is 0 Å². The molecule has 0 bridgehead atoms. The van der Waals surface area contributed by atoms with Gasteiger partial charge in [-0.1, -0.05) is 6.42 Å². The molecule has 0 aromatic rings. The summed E-state index contributed by atoms with van der Waals surface area (Å²) in [5, 5.41) is 3.20. The molecule has 0 aliphatic heterocycles. The summed E-state index contributed by atoms with van der Waals surface area (Å²) in [4.78, 5) is 10.7. The molecule has 0 spiro atoms. The van der Waals surface area contributed by atoms with Crippen LogP contribution in [0.2, 0.25) is 0 Å². The number of methoxy groups -OCH3 is 1. The molecule has 1 unspecified atom stereocenters. The molecule has 0 rings (SSSR count). The highest BCUT2D eigenvalue weighted by atomic mass is 32.2. The van der Waals surface area contributed by atoms with Gasteiger partial charge < -0.3 is 10.1 Å². The monoisotopic (exact) mass is 219 g/mol. The Hall–Kier alpha value is -0.220. The fourth-order valence-electron chi connectivity index (χ4n) is 1.01. The lowest BCUT2D eigenvalue weighted by Crippen LogP contribution is -2.20. The highest BCUT2D eigenvalue weighted by molar-refractivity contribution is 7.99. The standard InChI is InChI=1S/C10H21NO2S/c1-9(11-2)6-4-5-7-14-8-10(12)13-3/h9,11H,4-8H2,1-3H3. The zero-order valence-corrected chi connectivity index (χ0v) is 10.2. The van der Waals surface area contributed by atoms with Crippen molar-refractivity contribution in [2.75, 3.05) is 25.7 Å². The molecule has 14 heavy (non-hydrogen) atoms. The maximum Gasteiger partial charge on any atom is 0.315 e. The molecule has 3 nitrogen and oxygen atoms in total. The highest BCUT2D eigenvalue weighted by Crippen LogP contribution is 2.07. The lowest BCUT2D eigenvalue weighted by atomic mass is 10.1. The molecule has 1 atom stereocenters. The molecule has 4 heteroatoms. The summed E-state index contributed by atoms with van der Waals surface area (Å²) in [5.74, 6) is 1.41. The predicted octanol–water partition coefficient (Wildman–Crippen LogP) is 1.67. The number of rotatable bonds is 8. The van der Waals surface area contributed by atoms with Crippen LogP contribution in [0.4, 0.5) is 0 Å². The Morgan fingerprint density at radius 2 is 2.21 bits per heavy atom. The van der Waals surface area contributed by atoms with Gasteiger partial charge in [0, 0.05) is 6.04 Å². The molecule has 0 radical (unpaired) electrons. The van der Waals surface area contributed by atoms with Crippen LogP contribution in [-0.4, -0.2) is 37.7 Å². The number of carbonyl (C=O) groups excluding carboxylic acids is 1. The van der Waals surface area contributed by atoms with E-state index in [0.717, 1.165) is 5.75 Å². The second kappa shape index (κ2) is 9.34. The highest BCUT2D eigenvalue weighted by Gasteiger charge is 2.00. The largest absolute Gasteiger partial charge is 0.468 e. The van der Waals surface area contributed by atoms with E-state index in [-0.39, 0.29) is 5.97 Å². The zero-order valence-electron chi connectivity index (χ0n) is 9.34. The van der Waals surface area contributed by atoms with Crippen molar-refractivity contribution in [1.29, 1.82) is 0 Å². The van der Waals surface area contributed by atoms with Crippen molar-refractivity contribution in [3.63, 3.8) is 0 Å². The summed E-state index contributed by atoms with van der Waals surface area (Å²) >= 11 is 1.65. The maximum absolute atomic E-state index is 10.7. The van der Waals surface area contributed by atoms with Crippen molar-refractivity contribution in [3.8, 4) is 0 Å². The van der Waals surface area contributed by atoms with Crippen LogP contribution in [0.25, 0.3) is 0 Å². The van der Waals surface area contributed by atoms with Crippen LogP contribution in [0.3, 0.4) is 0 Å². The first-order valence-electron chi connectivity index (χ1n) is 5.02. The Bertz CT molecular complexity index is 153. The number of hydrogen-bond donors (Lipinski definition) is 1. The number of esters is 1. The van der Waals surface area contributed by atoms with E-state index in [4.69, 9.17) is 0 Å². The number of hydrogen-bond acceptors (Lipinski definition) is 4. The van der Waals surface area contributed by atoms with Crippen LogP contribution in [0.1, 0.15) is 26.2 Å². The van der Waals surface area contributed by atoms with Gasteiger partial charge in [-0.15, -0.1) is 0 Å². The van der Waals surface area contributed by atoms with Crippen LogP contribution in [0.15, 0.2) is 0 Å². The van der Waals surface area contributed by atoms with Crippen LogP contribution < -0.4 is 5.32 Å². The molecular weight excluding hydrogens is 198 g/mol. The first kappa shape index (κ1) is 13.8. The van der Waals surface area contributed by atoms with E-state index in [1.165, 1.54) is 26.4 Å². The quantitative estimate of drug-likeness (QED) is 0.498. The molecule has 0 aromatic carbocycles. The summed E-state index contributed by atoms with van der Waals surface area (Å²) in [6.07, 6.45) is 3.60. The average molecular weight is 219 g/mol. The second-order valence-electron chi connectivity index (χ2n) is 3.31. The Balaban J connectivity index is 3.10. The summed E-state index contributed by atoms with van der Waals surface area (Å²) < 4.78 is 4.54. The predicted molar refractivity (Wildman–Crippen MR) is 61.7 cm³/mol. The fourth-order valence-corrected chi connectivity index (χ4v) is 1.85. The molecular formula is C10H21NO2S. The first-order chi connectivity index (χ1) is 6.70. The molecule has 1 N–H and O–H groups in total. The molecule has 0 heterocycles. The first-order valence-corrected chi connectivity index (χ1v) is 6.18. The molecule has 0 aromatic heterocycles. The minimum Gasteiger partial charge on any atom is -0.468 e. The molecule has 0 saturated carbocycles. The van der Waals surface area contributed by atoms with Gasteiger partial charge in [0.2, 0.25) is 0 Å². The van der Waals surface area contributed by atoms with Gasteiger partial charge in [0.15, 0.2) is 0 Å². The van der Waals surface area contributed by atoms with Gasteiger partial charge in [0.05, 0.1) is 12.9 Å². The van der Waals surface area contributed by atoms with Crippen molar-refractivity contribution in [1.82, 2.24) is 5.32 Å². The van der Waals surface area contributed by atoms with E-state index in [2.05, 4.69) is 17.0 Å². The third kappa shape index (κ3) is 8.38. The Kier molecular flexibility index (Phi) is 9.19. The summed E-state index contributed by atoms with van der Waals surface area (Å²) in [5.41, 5.74) is 0. The van der Waals surface area contributed by atoms with E-state index in [1.54, 1.807) is 11.8 Å². The lowest BCUT2D eigenvalue weighted by Gasteiger charge is -2.08. The maximum atomic E-state index is 10.7. The van der Waals surface area contributed by atoms with E-state index in [1.807, 2.05) is 7.05 Å². The third-order valence-corrected chi connectivity index (χ3v) is 3.13.